The van der Waals surface area contributed by atoms with Gasteiger partial charge in [-0.3, -0.25) is 19.6 Å². The third kappa shape index (κ3) is 6.07. The number of hydrogen-bond donors (Lipinski definition) is 2. The Morgan fingerprint density at radius 3 is 2.77 bits per heavy atom. The van der Waals surface area contributed by atoms with Crippen LogP contribution in [0.5, 0.6) is 0 Å². The fraction of sp³-hybridized carbons (Fsp3) is 0.533. The van der Waals surface area contributed by atoms with Gasteiger partial charge < -0.3 is 15.2 Å². The number of esters is 1. The summed E-state index contributed by atoms with van der Waals surface area (Å²) < 4.78 is 69.1. The molecule has 3 aliphatic rings. The maximum atomic E-state index is 15.8. The van der Waals surface area contributed by atoms with Crippen molar-refractivity contribution in [2.24, 2.45) is 10.4 Å². The molecule has 9 nitrogen and oxygen atoms in total. The highest BCUT2D eigenvalue weighted by Gasteiger charge is 2.59. The second-order valence-electron chi connectivity index (χ2n) is 11.6. The molecule has 0 aliphatic carbocycles. The van der Waals surface area contributed by atoms with E-state index >= 15 is 8.78 Å². The molecule has 232 valence electrons. The molecular formula is C30H36F3N5O4S. The summed E-state index contributed by atoms with van der Waals surface area (Å²) in [5, 5.41) is 14.9. The SMILES string of the molecule is [2H]C1([2H])C[C@H]2[C@@H](N1CCC(C)(C)C(=O)O)C(F)(F)CN2CC1=C(C(=O)OCC)[C@H](c2cccc(F)c2C)N=C(c2nccs2)N1. The molecule has 3 atom stereocenters. The molecule has 13 heteroatoms. The smallest absolute Gasteiger partial charge is 0.338 e. The minimum Gasteiger partial charge on any atom is -0.481 e. The number of likely N-dealkylation sites (tertiary alicyclic amines) is 2. The molecule has 0 saturated carbocycles. The van der Waals surface area contributed by atoms with E-state index in [2.05, 4.69) is 10.3 Å². The van der Waals surface area contributed by atoms with Gasteiger partial charge in [-0.25, -0.2) is 22.9 Å². The van der Waals surface area contributed by atoms with Crippen LogP contribution < -0.4 is 5.32 Å². The van der Waals surface area contributed by atoms with Crippen LogP contribution in [0.3, 0.4) is 0 Å². The second kappa shape index (κ2) is 12.0. The van der Waals surface area contributed by atoms with Gasteiger partial charge in [0.15, 0.2) is 10.8 Å². The molecule has 1 aromatic heterocycles. The number of rotatable bonds is 10. The van der Waals surface area contributed by atoms with Gasteiger partial charge >= 0.3 is 11.9 Å². The van der Waals surface area contributed by atoms with Crippen LogP contribution >= 0.6 is 11.3 Å². The van der Waals surface area contributed by atoms with Crippen LogP contribution in [-0.4, -0.2) is 88.4 Å². The molecule has 2 aromatic rings. The van der Waals surface area contributed by atoms with Crippen LogP contribution in [0.25, 0.3) is 0 Å². The minimum absolute atomic E-state index is 0.0246. The lowest BCUT2D eigenvalue weighted by Gasteiger charge is -2.31. The Bertz CT molecular complexity index is 1540. The average molecular weight is 622 g/mol. The van der Waals surface area contributed by atoms with E-state index in [-0.39, 0.29) is 55.2 Å². The zero-order valence-corrected chi connectivity index (χ0v) is 25.2. The van der Waals surface area contributed by atoms with Gasteiger partial charge in [0.05, 0.1) is 30.2 Å². The molecule has 2 saturated heterocycles. The number of halogens is 3. The van der Waals surface area contributed by atoms with Crippen LogP contribution in [0, 0.1) is 18.2 Å². The van der Waals surface area contributed by atoms with Crippen molar-refractivity contribution in [1.82, 2.24) is 20.1 Å². The standard InChI is InChI=1S/C30H36F3N5O4S/c1-5-42-27(39)22-20(35-25(26-34-11-14-43-26)36-23(22)18-7-6-8-19(31)17(18)2)15-38-16-30(32,33)24-21(38)9-12-37(24)13-10-29(3,4)28(40)41/h6-8,11,14,21,23-24H,5,9-10,12-13,15-16H2,1-4H3,(H,35,36)(H,40,41)/t21-,23-,24+/m0/s1/i12D2. The molecule has 0 unspecified atom stereocenters. The summed E-state index contributed by atoms with van der Waals surface area (Å²) in [4.78, 5) is 36.8. The molecule has 2 fully saturated rings. The van der Waals surface area contributed by atoms with Gasteiger partial charge in [-0.05, 0) is 64.3 Å². The van der Waals surface area contributed by atoms with Gasteiger partial charge in [0.2, 0.25) is 0 Å². The van der Waals surface area contributed by atoms with Gasteiger partial charge in [-0.1, -0.05) is 12.1 Å². The number of fused-ring (bicyclic) bond motifs is 1. The van der Waals surface area contributed by atoms with Crippen LogP contribution in [0.4, 0.5) is 13.2 Å². The number of aromatic nitrogens is 1. The Morgan fingerprint density at radius 1 is 1.33 bits per heavy atom. The number of thiazole rings is 1. The molecule has 0 spiro atoms. The van der Waals surface area contributed by atoms with Gasteiger partial charge in [0.1, 0.15) is 11.9 Å². The summed E-state index contributed by atoms with van der Waals surface area (Å²) in [5.41, 5.74) is -0.295. The number of carbonyl (C=O) groups is 2. The van der Waals surface area contributed by atoms with Gasteiger partial charge in [0, 0.05) is 39.1 Å². The number of nitrogens with zero attached hydrogens (tertiary/aromatic N) is 4. The number of amidine groups is 1. The van der Waals surface area contributed by atoms with Crippen molar-refractivity contribution in [3.05, 3.63) is 63.0 Å². The van der Waals surface area contributed by atoms with Crippen LogP contribution in [0.2, 0.25) is 0 Å². The predicted molar refractivity (Wildman–Crippen MR) is 156 cm³/mol. The number of aliphatic carboxylic acids is 1. The van der Waals surface area contributed by atoms with Crippen molar-refractivity contribution in [2.75, 3.05) is 32.7 Å². The van der Waals surface area contributed by atoms with Crippen LogP contribution in [0.1, 0.15) is 58.5 Å². The van der Waals surface area contributed by atoms with E-state index in [0.717, 1.165) is 4.90 Å². The van der Waals surface area contributed by atoms with E-state index in [1.807, 2.05) is 0 Å². The van der Waals surface area contributed by atoms with Gasteiger partial charge in [-0.2, -0.15) is 0 Å². The number of ether oxygens (including phenoxy) is 1. The maximum Gasteiger partial charge on any atom is 0.338 e. The topological polar surface area (TPSA) is 107 Å². The van der Waals surface area contributed by atoms with E-state index in [1.54, 1.807) is 31.5 Å². The first-order valence-corrected chi connectivity index (χ1v) is 15.0. The number of carbonyl (C=O) groups excluding carboxylic acids is 1. The molecule has 1 aromatic carbocycles. The molecule has 0 radical (unpaired) electrons. The zero-order chi connectivity index (χ0) is 32.9. The Kier molecular flexibility index (Phi) is 7.95. The van der Waals surface area contributed by atoms with E-state index in [1.165, 1.54) is 42.2 Å². The third-order valence-electron chi connectivity index (χ3n) is 8.30. The normalized spacial score (nSPS) is 25.9. The molecule has 5 rings (SSSR count). The molecule has 4 heterocycles. The minimum atomic E-state index is -3.34. The van der Waals surface area contributed by atoms with Gasteiger partial charge in [0.25, 0.3) is 5.92 Å². The van der Waals surface area contributed by atoms with Crippen LogP contribution in [-0.2, 0) is 14.3 Å². The van der Waals surface area contributed by atoms with E-state index in [9.17, 15) is 19.1 Å². The molecule has 2 N–H and O–H groups in total. The first kappa shape index (κ1) is 28.5. The third-order valence-corrected chi connectivity index (χ3v) is 9.08. The van der Waals surface area contributed by atoms with Gasteiger partial charge in [-0.15, -0.1) is 11.3 Å². The number of nitrogens with one attached hydrogen (secondary N) is 1. The summed E-state index contributed by atoms with van der Waals surface area (Å²) >= 11 is 1.27. The molecule has 0 amide bonds. The highest BCUT2D eigenvalue weighted by molar-refractivity contribution is 7.11. The number of alkyl halides is 2. The van der Waals surface area contributed by atoms with E-state index < -0.39 is 60.3 Å². The lowest BCUT2D eigenvalue weighted by Crippen LogP contribution is -2.46. The lowest BCUT2D eigenvalue weighted by molar-refractivity contribution is -0.147. The van der Waals surface area contributed by atoms with Crippen molar-refractivity contribution in [3.8, 4) is 0 Å². The monoisotopic (exact) mass is 621 g/mol. The Balaban J connectivity index is 1.55. The second-order valence-corrected chi connectivity index (χ2v) is 12.5. The Hall–Kier alpha value is -3.29. The quantitative estimate of drug-likeness (QED) is 0.377. The lowest BCUT2D eigenvalue weighted by atomic mass is 9.89. The molecule has 0 bridgehead atoms. The first-order chi connectivity index (χ1) is 21.1. The Labute approximate surface area is 255 Å². The van der Waals surface area contributed by atoms with Crippen molar-refractivity contribution in [1.29, 1.82) is 0 Å². The largest absolute Gasteiger partial charge is 0.481 e. The van der Waals surface area contributed by atoms with Crippen molar-refractivity contribution >= 4 is 29.1 Å². The summed E-state index contributed by atoms with van der Waals surface area (Å²) in [5.74, 6) is -5.39. The molecule has 3 aliphatic heterocycles. The summed E-state index contributed by atoms with van der Waals surface area (Å²) in [6.07, 6.45) is 1.30. The highest BCUT2D eigenvalue weighted by atomic mass is 32.1. The molecule has 43 heavy (non-hydrogen) atoms. The number of benzene rings is 1. The number of carboxylic acids is 1. The number of carboxylic acid groups (broad SMARTS) is 1. The molecular weight excluding hydrogens is 583 g/mol. The highest BCUT2D eigenvalue weighted by Crippen LogP contribution is 2.43. The van der Waals surface area contributed by atoms with E-state index in [4.69, 9.17) is 12.5 Å². The van der Waals surface area contributed by atoms with Crippen molar-refractivity contribution in [3.63, 3.8) is 0 Å². The number of hydrogen-bond acceptors (Lipinski definition) is 9. The summed E-state index contributed by atoms with van der Waals surface area (Å²) in [7, 11) is 0. The average Bonchev–Trinajstić information content (AvgIpc) is 3.64. The maximum absolute atomic E-state index is 15.8. The van der Waals surface area contributed by atoms with E-state index in [0.29, 0.717) is 10.6 Å². The number of aliphatic imine (C=N–C) groups is 1. The van der Waals surface area contributed by atoms with Crippen LogP contribution in [0.15, 0.2) is 46.0 Å². The predicted octanol–water partition coefficient (Wildman–Crippen LogP) is 4.39. The first-order valence-electron chi connectivity index (χ1n) is 15.1. The summed E-state index contributed by atoms with van der Waals surface area (Å²) in [6.45, 7) is 2.97. The summed E-state index contributed by atoms with van der Waals surface area (Å²) in [6, 6.07) is 0.962. The van der Waals surface area contributed by atoms with Crippen molar-refractivity contribution in [2.45, 2.75) is 64.6 Å². The zero-order valence-electron chi connectivity index (χ0n) is 26.4. The fourth-order valence-corrected chi connectivity index (χ4v) is 6.40. The Morgan fingerprint density at radius 2 is 2.09 bits per heavy atom. The fourth-order valence-electron chi connectivity index (χ4n) is 5.81. The van der Waals surface area contributed by atoms with Crippen molar-refractivity contribution < 1.29 is 35.3 Å².